The molecule has 176 valence electrons. The number of carbonyl (C=O) groups excluding carboxylic acids is 3. The minimum absolute atomic E-state index is 0.108. The van der Waals surface area contributed by atoms with E-state index in [1.165, 1.54) is 34.7 Å². The molecule has 0 spiro atoms. The Morgan fingerprint density at radius 3 is 2.59 bits per heavy atom. The van der Waals surface area contributed by atoms with Crippen LogP contribution >= 0.6 is 11.6 Å². The number of hydrogen-bond donors (Lipinski definition) is 0. The highest BCUT2D eigenvalue weighted by Gasteiger charge is 2.44. The smallest absolute Gasteiger partial charge is 0.270 e. The van der Waals surface area contributed by atoms with Gasteiger partial charge in [-0.1, -0.05) is 29.3 Å². The first kappa shape index (κ1) is 23.6. The van der Waals surface area contributed by atoms with E-state index in [9.17, 15) is 24.5 Å². The first-order valence-corrected chi connectivity index (χ1v) is 11.6. The molecule has 0 radical (unpaired) electrons. The summed E-state index contributed by atoms with van der Waals surface area (Å²) in [5.74, 6) is -1.42. The summed E-state index contributed by atoms with van der Waals surface area (Å²) in [5, 5.41) is 11.7. The van der Waals surface area contributed by atoms with Crippen molar-refractivity contribution >= 4 is 40.7 Å². The Morgan fingerprint density at radius 2 is 1.91 bits per heavy atom. The number of imide groups is 1. The molecule has 1 unspecified atom stereocenters. The van der Waals surface area contributed by atoms with Crippen LogP contribution in [0.5, 0.6) is 0 Å². The van der Waals surface area contributed by atoms with E-state index in [1.807, 2.05) is 0 Å². The standard InChI is InChI=1S/C25H24ClN3O5/c26-19-9-11-20(12-10-19)28-23(30)16-22(25(28)32)27(14-13-17-5-2-1-3-6-17)24(31)18-7-4-8-21(15-18)29(33)34/h4-5,7-12,15,22H,1-3,6,13-14,16H2. The molecule has 0 bridgehead atoms. The lowest BCUT2D eigenvalue weighted by atomic mass is 9.96. The summed E-state index contributed by atoms with van der Waals surface area (Å²) >= 11 is 5.94. The number of amides is 3. The highest BCUT2D eigenvalue weighted by atomic mass is 35.5. The molecule has 1 aliphatic heterocycles. The van der Waals surface area contributed by atoms with Gasteiger partial charge in [-0.2, -0.15) is 0 Å². The van der Waals surface area contributed by atoms with Gasteiger partial charge in [0.2, 0.25) is 5.91 Å². The Kier molecular flexibility index (Phi) is 7.07. The van der Waals surface area contributed by atoms with E-state index in [2.05, 4.69) is 6.08 Å². The number of hydrogen-bond acceptors (Lipinski definition) is 5. The predicted molar refractivity (Wildman–Crippen MR) is 128 cm³/mol. The average Bonchev–Trinajstić information content (AvgIpc) is 3.14. The van der Waals surface area contributed by atoms with Gasteiger partial charge in [0.15, 0.2) is 0 Å². The second-order valence-corrected chi connectivity index (χ2v) is 8.86. The quantitative estimate of drug-likeness (QED) is 0.242. The number of halogens is 1. The SMILES string of the molecule is O=C1CC(N(CCC2=CCCCC2)C(=O)c2cccc([N+](=O)[O-])c2)C(=O)N1c1ccc(Cl)cc1. The normalized spacial score (nSPS) is 18.1. The van der Waals surface area contributed by atoms with Crippen molar-refractivity contribution in [3.63, 3.8) is 0 Å². The summed E-state index contributed by atoms with van der Waals surface area (Å²) in [7, 11) is 0. The van der Waals surface area contributed by atoms with Crippen LogP contribution in [0.15, 0.2) is 60.2 Å². The van der Waals surface area contributed by atoms with E-state index in [1.54, 1.807) is 24.3 Å². The minimum Gasteiger partial charge on any atom is -0.326 e. The largest absolute Gasteiger partial charge is 0.326 e. The Balaban J connectivity index is 1.63. The molecule has 8 nitrogen and oxygen atoms in total. The van der Waals surface area contributed by atoms with Gasteiger partial charge in [-0.05, 0) is 62.4 Å². The molecular formula is C25H24ClN3O5. The maximum Gasteiger partial charge on any atom is 0.270 e. The molecule has 4 rings (SSSR count). The van der Waals surface area contributed by atoms with E-state index < -0.39 is 28.7 Å². The third kappa shape index (κ3) is 5.02. The summed E-state index contributed by atoms with van der Waals surface area (Å²) in [6.45, 7) is 0.242. The number of allylic oxidation sites excluding steroid dienone is 1. The fourth-order valence-electron chi connectivity index (χ4n) is 4.43. The number of benzene rings is 2. The monoisotopic (exact) mass is 481 g/mol. The van der Waals surface area contributed by atoms with Crippen LogP contribution in [0.2, 0.25) is 5.02 Å². The Hall–Kier alpha value is -3.52. The fourth-order valence-corrected chi connectivity index (χ4v) is 4.56. The van der Waals surface area contributed by atoms with Crippen molar-refractivity contribution in [2.75, 3.05) is 11.4 Å². The first-order chi connectivity index (χ1) is 16.3. The van der Waals surface area contributed by atoms with Gasteiger partial charge in [0.1, 0.15) is 6.04 Å². The third-order valence-electron chi connectivity index (χ3n) is 6.21. The number of non-ortho nitro benzene ring substituents is 1. The number of anilines is 1. The van der Waals surface area contributed by atoms with E-state index >= 15 is 0 Å². The maximum atomic E-state index is 13.5. The lowest BCUT2D eigenvalue weighted by Crippen LogP contribution is -2.46. The zero-order valence-corrected chi connectivity index (χ0v) is 19.2. The van der Waals surface area contributed by atoms with Crippen molar-refractivity contribution in [1.29, 1.82) is 0 Å². The second kappa shape index (κ2) is 10.2. The number of nitro benzene ring substituents is 1. The number of rotatable bonds is 7. The van der Waals surface area contributed by atoms with Gasteiger partial charge in [0.05, 0.1) is 17.0 Å². The van der Waals surface area contributed by atoms with Crippen LogP contribution in [0.4, 0.5) is 11.4 Å². The van der Waals surface area contributed by atoms with Crippen LogP contribution < -0.4 is 4.90 Å². The average molecular weight is 482 g/mol. The van der Waals surface area contributed by atoms with Crippen LogP contribution in [0.1, 0.15) is 48.9 Å². The fraction of sp³-hybridized carbons (Fsp3) is 0.320. The van der Waals surface area contributed by atoms with Crippen LogP contribution in [-0.2, 0) is 9.59 Å². The van der Waals surface area contributed by atoms with E-state index in [-0.39, 0.29) is 24.2 Å². The van der Waals surface area contributed by atoms with Crippen molar-refractivity contribution in [3.8, 4) is 0 Å². The summed E-state index contributed by atoms with van der Waals surface area (Å²) in [5.41, 5.74) is 1.50. The van der Waals surface area contributed by atoms with E-state index in [0.29, 0.717) is 17.1 Å². The molecule has 0 aromatic heterocycles. The molecule has 1 aliphatic carbocycles. The molecule has 1 heterocycles. The summed E-state index contributed by atoms with van der Waals surface area (Å²) in [4.78, 5) is 52.8. The van der Waals surface area contributed by atoms with Crippen molar-refractivity contribution in [3.05, 3.63) is 80.9 Å². The Labute approximate surface area is 201 Å². The molecule has 0 saturated carbocycles. The van der Waals surface area contributed by atoms with Crippen LogP contribution in [0, 0.1) is 10.1 Å². The molecule has 0 N–H and O–H groups in total. The van der Waals surface area contributed by atoms with Gasteiger partial charge < -0.3 is 4.90 Å². The molecule has 1 saturated heterocycles. The number of nitrogens with zero attached hydrogens (tertiary/aromatic N) is 3. The lowest BCUT2D eigenvalue weighted by molar-refractivity contribution is -0.384. The van der Waals surface area contributed by atoms with Crippen LogP contribution in [-0.4, -0.2) is 40.1 Å². The minimum atomic E-state index is -0.987. The van der Waals surface area contributed by atoms with Gasteiger partial charge in [-0.15, -0.1) is 0 Å². The second-order valence-electron chi connectivity index (χ2n) is 8.43. The molecule has 34 heavy (non-hydrogen) atoms. The summed E-state index contributed by atoms with van der Waals surface area (Å²) < 4.78 is 0. The molecule has 2 aromatic rings. The Morgan fingerprint density at radius 1 is 1.15 bits per heavy atom. The lowest BCUT2D eigenvalue weighted by Gasteiger charge is -2.28. The highest BCUT2D eigenvalue weighted by molar-refractivity contribution is 6.31. The van der Waals surface area contributed by atoms with Gasteiger partial charge in [0.25, 0.3) is 17.5 Å². The Bertz CT molecular complexity index is 1160. The maximum absolute atomic E-state index is 13.5. The van der Waals surface area contributed by atoms with E-state index in [0.717, 1.165) is 30.6 Å². The molecular weight excluding hydrogens is 458 g/mol. The van der Waals surface area contributed by atoms with Crippen molar-refractivity contribution in [2.24, 2.45) is 0 Å². The molecule has 1 atom stereocenters. The van der Waals surface area contributed by atoms with E-state index in [4.69, 9.17) is 11.6 Å². The highest BCUT2D eigenvalue weighted by Crippen LogP contribution is 2.29. The predicted octanol–water partition coefficient (Wildman–Crippen LogP) is 4.91. The topological polar surface area (TPSA) is 101 Å². The zero-order valence-electron chi connectivity index (χ0n) is 18.5. The van der Waals surface area contributed by atoms with Gasteiger partial charge in [-0.3, -0.25) is 24.5 Å². The number of nitro groups is 1. The number of carbonyl (C=O) groups is 3. The summed E-state index contributed by atoms with van der Waals surface area (Å²) in [6, 6.07) is 10.8. The molecule has 2 aliphatic rings. The third-order valence-corrected chi connectivity index (χ3v) is 6.46. The van der Waals surface area contributed by atoms with Crippen molar-refractivity contribution in [2.45, 2.75) is 44.6 Å². The molecule has 3 amide bonds. The molecule has 1 fully saturated rings. The van der Waals surface area contributed by atoms with Crippen LogP contribution in [0.25, 0.3) is 0 Å². The molecule has 9 heteroatoms. The van der Waals surface area contributed by atoms with Gasteiger partial charge >= 0.3 is 0 Å². The molecule has 2 aromatic carbocycles. The first-order valence-electron chi connectivity index (χ1n) is 11.2. The summed E-state index contributed by atoms with van der Waals surface area (Å²) in [6.07, 6.45) is 6.73. The van der Waals surface area contributed by atoms with Gasteiger partial charge in [-0.25, -0.2) is 4.90 Å². The van der Waals surface area contributed by atoms with Crippen molar-refractivity contribution < 1.29 is 19.3 Å². The zero-order chi connectivity index (χ0) is 24.2. The van der Waals surface area contributed by atoms with Crippen molar-refractivity contribution in [1.82, 2.24) is 4.90 Å². The van der Waals surface area contributed by atoms with Gasteiger partial charge in [0, 0.05) is 29.3 Å². The van der Waals surface area contributed by atoms with Crippen LogP contribution in [0.3, 0.4) is 0 Å².